The van der Waals surface area contributed by atoms with E-state index in [4.69, 9.17) is 4.74 Å². The first-order chi connectivity index (χ1) is 7.63. The maximum Gasteiger partial charge on any atom is 0.328 e. The van der Waals surface area contributed by atoms with E-state index in [2.05, 4.69) is 5.32 Å². The average Bonchev–Trinajstić information content (AvgIpc) is 2.61. The molecule has 0 aromatic heterocycles. The summed E-state index contributed by atoms with van der Waals surface area (Å²) >= 11 is 0. The van der Waals surface area contributed by atoms with Crippen LogP contribution in [0, 0.1) is 0 Å². The number of cyclic esters (lactones) is 1. The Morgan fingerprint density at radius 3 is 2.81 bits per heavy atom. The molecule has 0 unspecified atom stereocenters. The Hall–Kier alpha value is -1.39. The second-order valence-corrected chi connectivity index (χ2v) is 3.90. The van der Waals surface area contributed by atoms with Crippen molar-refractivity contribution in [3.63, 3.8) is 0 Å². The Morgan fingerprint density at radius 2 is 2.25 bits per heavy atom. The zero-order valence-corrected chi connectivity index (χ0v) is 9.45. The summed E-state index contributed by atoms with van der Waals surface area (Å²) in [6, 6.07) is -0.563. The molecule has 1 amide bonds. The zero-order valence-electron chi connectivity index (χ0n) is 9.45. The molecule has 1 fully saturated rings. The first-order valence-electron chi connectivity index (χ1n) is 5.61. The second kappa shape index (κ2) is 6.25. The molecular formula is C11H17NO4. The van der Waals surface area contributed by atoms with Crippen LogP contribution in [0.5, 0.6) is 0 Å². The van der Waals surface area contributed by atoms with Crippen molar-refractivity contribution in [2.75, 3.05) is 6.61 Å². The summed E-state index contributed by atoms with van der Waals surface area (Å²) in [7, 11) is 0. The van der Waals surface area contributed by atoms with Gasteiger partial charge in [-0.15, -0.1) is 0 Å². The predicted octanol–water partition coefficient (Wildman–Crippen LogP) is 0.567. The fraction of sp³-hybridized carbons (Fsp3) is 0.727. The van der Waals surface area contributed by atoms with Gasteiger partial charge < -0.3 is 10.1 Å². The van der Waals surface area contributed by atoms with Crippen LogP contribution in [0.4, 0.5) is 0 Å². The van der Waals surface area contributed by atoms with Gasteiger partial charge in [0.25, 0.3) is 0 Å². The number of esters is 1. The molecule has 1 atom stereocenters. The minimum Gasteiger partial charge on any atom is -0.464 e. The maximum absolute atomic E-state index is 11.4. The minimum atomic E-state index is -0.563. The fourth-order valence-electron chi connectivity index (χ4n) is 1.51. The molecule has 1 rings (SSSR count). The summed E-state index contributed by atoms with van der Waals surface area (Å²) < 4.78 is 4.70. The van der Waals surface area contributed by atoms with E-state index in [1.807, 2.05) is 6.92 Å². The van der Waals surface area contributed by atoms with Gasteiger partial charge in [0.05, 0.1) is 13.0 Å². The smallest absolute Gasteiger partial charge is 0.328 e. The topological polar surface area (TPSA) is 72.5 Å². The molecule has 1 saturated heterocycles. The van der Waals surface area contributed by atoms with E-state index in [1.165, 1.54) is 0 Å². The molecule has 1 aliphatic rings. The van der Waals surface area contributed by atoms with E-state index in [-0.39, 0.29) is 18.1 Å². The van der Waals surface area contributed by atoms with Crippen LogP contribution < -0.4 is 5.32 Å². The van der Waals surface area contributed by atoms with E-state index >= 15 is 0 Å². The van der Waals surface area contributed by atoms with Gasteiger partial charge >= 0.3 is 5.97 Å². The Labute approximate surface area is 94.5 Å². The minimum absolute atomic E-state index is 0.0780. The predicted molar refractivity (Wildman–Crippen MR) is 56.7 cm³/mol. The largest absolute Gasteiger partial charge is 0.464 e. The van der Waals surface area contributed by atoms with Crippen LogP contribution in [0.15, 0.2) is 0 Å². The Bertz CT molecular complexity index is 288. The highest BCUT2D eigenvalue weighted by Crippen LogP contribution is 2.06. The summed E-state index contributed by atoms with van der Waals surface area (Å²) in [6.07, 6.45) is 2.52. The van der Waals surface area contributed by atoms with E-state index in [0.29, 0.717) is 19.4 Å². The third kappa shape index (κ3) is 4.00. The number of rotatable bonds is 6. The van der Waals surface area contributed by atoms with Crippen molar-refractivity contribution >= 4 is 17.7 Å². The molecule has 16 heavy (non-hydrogen) atoms. The van der Waals surface area contributed by atoms with Gasteiger partial charge in [0.2, 0.25) is 5.91 Å². The number of hydrogen-bond donors (Lipinski definition) is 1. The van der Waals surface area contributed by atoms with Gasteiger partial charge in [-0.25, -0.2) is 4.79 Å². The molecule has 0 aromatic rings. The van der Waals surface area contributed by atoms with E-state index < -0.39 is 12.0 Å². The molecule has 0 spiro atoms. The van der Waals surface area contributed by atoms with Gasteiger partial charge in [0.1, 0.15) is 11.8 Å². The molecule has 0 saturated carbocycles. The van der Waals surface area contributed by atoms with Crippen molar-refractivity contribution in [3.8, 4) is 0 Å². The number of nitrogens with one attached hydrogen (secondary N) is 1. The van der Waals surface area contributed by atoms with E-state index in [0.717, 1.165) is 12.8 Å². The van der Waals surface area contributed by atoms with Crippen molar-refractivity contribution in [3.05, 3.63) is 0 Å². The summed E-state index contributed by atoms with van der Waals surface area (Å²) in [5.74, 6) is -0.870. The van der Waals surface area contributed by atoms with E-state index in [9.17, 15) is 14.4 Å². The molecule has 0 aliphatic carbocycles. The Balaban J connectivity index is 2.24. The number of carbonyl (C=O) groups is 3. The lowest BCUT2D eigenvalue weighted by Crippen LogP contribution is -2.38. The molecular weight excluding hydrogens is 210 g/mol. The first kappa shape index (κ1) is 12.7. The molecule has 1 aliphatic heterocycles. The van der Waals surface area contributed by atoms with Crippen LogP contribution in [0.1, 0.15) is 39.0 Å². The van der Waals surface area contributed by atoms with Crippen LogP contribution >= 0.6 is 0 Å². The van der Waals surface area contributed by atoms with Gasteiger partial charge in [-0.05, 0) is 6.42 Å². The lowest BCUT2D eigenvalue weighted by molar-refractivity contribution is -0.142. The SMILES string of the molecule is CCCCC(=O)CC(=O)N[C@H]1CCOC1=O. The molecule has 5 heteroatoms. The number of carbonyl (C=O) groups excluding carboxylic acids is 3. The number of Topliss-reactive ketones (excluding diaryl/α,β-unsaturated/α-hetero) is 1. The van der Waals surface area contributed by atoms with Crippen molar-refractivity contribution in [1.29, 1.82) is 0 Å². The molecule has 0 bridgehead atoms. The number of amides is 1. The highest BCUT2D eigenvalue weighted by atomic mass is 16.5. The van der Waals surface area contributed by atoms with E-state index in [1.54, 1.807) is 0 Å². The molecule has 1 N–H and O–H groups in total. The number of ether oxygens (including phenoxy) is 1. The van der Waals surface area contributed by atoms with Crippen LogP contribution in [0.3, 0.4) is 0 Å². The molecule has 5 nitrogen and oxygen atoms in total. The number of unbranched alkanes of at least 4 members (excludes halogenated alkanes) is 1. The quantitative estimate of drug-likeness (QED) is 0.532. The molecule has 0 radical (unpaired) electrons. The normalized spacial score (nSPS) is 19.3. The summed E-state index contributed by atoms with van der Waals surface area (Å²) in [6.45, 7) is 2.33. The Kier molecular flexibility index (Phi) is 4.95. The van der Waals surface area contributed by atoms with Gasteiger partial charge in [-0.3, -0.25) is 9.59 Å². The number of hydrogen-bond acceptors (Lipinski definition) is 4. The van der Waals surface area contributed by atoms with Gasteiger partial charge in [0, 0.05) is 12.8 Å². The highest BCUT2D eigenvalue weighted by molar-refractivity contribution is 5.99. The molecule has 1 heterocycles. The summed E-state index contributed by atoms with van der Waals surface area (Å²) in [4.78, 5) is 33.7. The lowest BCUT2D eigenvalue weighted by atomic mass is 10.1. The fourth-order valence-corrected chi connectivity index (χ4v) is 1.51. The lowest BCUT2D eigenvalue weighted by Gasteiger charge is -2.07. The molecule has 90 valence electrons. The molecule has 0 aromatic carbocycles. The van der Waals surface area contributed by atoms with Gasteiger partial charge in [0.15, 0.2) is 0 Å². The van der Waals surface area contributed by atoms with Crippen molar-refractivity contribution in [2.24, 2.45) is 0 Å². The maximum atomic E-state index is 11.4. The van der Waals surface area contributed by atoms with Crippen LogP contribution in [0.2, 0.25) is 0 Å². The monoisotopic (exact) mass is 227 g/mol. The van der Waals surface area contributed by atoms with Crippen LogP contribution in [-0.2, 0) is 19.1 Å². The third-order valence-electron chi connectivity index (χ3n) is 2.44. The first-order valence-corrected chi connectivity index (χ1v) is 5.61. The van der Waals surface area contributed by atoms with Crippen molar-refractivity contribution in [2.45, 2.75) is 45.1 Å². The van der Waals surface area contributed by atoms with Crippen molar-refractivity contribution < 1.29 is 19.1 Å². The second-order valence-electron chi connectivity index (χ2n) is 3.90. The highest BCUT2D eigenvalue weighted by Gasteiger charge is 2.28. The Morgan fingerprint density at radius 1 is 1.50 bits per heavy atom. The van der Waals surface area contributed by atoms with Crippen LogP contribution in [-0.4, -0.2) is 30.3 Å². The van der Waals surface area contributed by atoms with Crippen LogP contribution in [0.25, 0.3) is 0 Å². The van der Waals surface area contributed by atoms with Gasteiger partial charge in [-0.2, -0.15) is 0 Å². The standard InChI is InChI=1S/C11H17NO4/c1-2-3-4-8(13)7-10(14)12-9-5-6-16-11(9)15/h9H,2-7H2,1H3,(H,12,14)/t9-/m0/s1. The summed E-state index contributed by atoms with van der Waals surface area (Å²) in [5, 5.41) is 2.50. The zero-order chi connectivity index (χ0) is 12.0. The third-order valence-corrected chi connectivity index (χ3v) is 2.44. The van der Waals surface area contributed by atoms with Gasteiger partial charge in [-0.1, -0.05) is 13.3 Å². The average molecular weight is 227 g/mol. The summed E-state index contributed by atoms with van der Waals surface area (Å²) in [5.41, 5.74) is 0. The van der Waals surface area contributed by atoms with Crippen molar-refractivity contribution in [1.82, 2.24) is 5.32 Å². The number of ketones is 1.